The summed E-state index contributed by atoms with van der Waals surface area (Å²) >= 11 is 6.27. The minimum Gasteiger partial charge on any atom is -0.373 e. The van der Waals surface area contributed by atoms with E-state index >= 15 is 0 Å². The average molecular weight is 298 g/mol. The molecule has 112 valence electrons. The van der Waals surface area contributed by atoms with E-state index in [9.17, 15) is 0 Å². The van der Waals surface area contributed by atoms with E-state index in [0.717, 1.165) is 31.1 Å². The SMILES string of the molecule is CNc1ccc(Cl)c(CN2CC(C)(C)OC(C)(C)C2)n1. The molecule has 0 amide bonds. The highest BCUT2D eigenvalue weighted by molar-refractivity contribution is 6.31. The summed E-state index contributed by atoms with van der Waals surface area (Å²) in [5.41, 5.74) is 0.593. The molecule has 1 aliphatic heterocycles. The molecule has 0 aromatic carbocycles. The van der Waals surface area contributed by atoms with Crippen molar-refractivity contribution in [3.63, 3.8) is 0 Å². The van der Waals surface area contributed by atoms with Gasteiger partial charge in [0, 0.05) is 26.7 Å². The second kappa shape index (κ2) is 5.51. The topological polar surface area (TPSA) is 37.4 Å². The fraction of sp³-hybridized carbons (Fsp3) is 0.667. The van der Waals surface area contributed by atoms with Gasteiger partial charge in [0.2, 0.25) is 0 Å². The number of nitrogens with one attached hydrogen (secondary N) is 1. The van der Waals surface area contributed by atoms with E-state index in [-0.39, 0.29) is 11.2 Å². The molecule has 1 aromatic heterocycles. The Morgan fingerprint density at radius 2 is 1.85 bits per heavy atom. The van der Waals surface area contributed by atoms with Crippen LogP contribution in [0.25, 0.3) is 0 Å². The van der Waals surface area contributed by atoms with Crippen LogP contribution in [0.2, 0.25) is 5.02 Å². The van der Waals surface area contributed by atoms with Crippen LogP contribution in [-0.4, -0.2) is 41.2 Å². The summed E-state index contributed by atoms with van der Waals surface area (Å²) in [6, 6.07) is 3.78. The molecule has 1 aliphatic rings. The monoisotopic (exact) mass is 297 g/mol. The van der Waals surface area contributed by atoms with Gasteiger partial charge in [0.05, 0.1) is 21.9 Å². The molecule has 1 N–H and O–H groups in total. The van der Waals surface area contributed by atoms with Crippen molar-refractivity contribution >= 4 is 17.4 Å². The summed E-state index contributed by atoms with van der Waals surface area (Å²) in [7, 11) is 1.86. The van der Waals surface area contributed by atoms with Crippen molar-refractivity contribution in [3.8, 4) is 0 Å². The highest BCUT2D eigenvalue weighted by atomic mass is 35.5. The van der Waals surface area contributed by atoms with Crippen LogP contribution in [0, 0.1) is 0 Å². The van der Waals surface area contributed by atoms with Crippen molar-refractivity contribution in [1.82, 2.24) is 9.88 Å². The van der Waals surface area contributed by atoms with Gasteiger partial charge in [0.25, 0.3) is 0 Å². The third kappa shape index (κ3) is 3.84. The van der Waals surface area contributed by atoms with Crippen molar-refractivity contribution < 1.29 is 4.74 Å². The highest BCUT2D eigenvalue weighted by Crippen LogP contribution is 2.29. The van der Waals surface area contributed by atoms with E-state index in [1.54, 1.807) is 0 Å². The maximum absolute atomic E-state index is 6.27. The number of hydrogen-bond acceptors (Lipinski definition) is 4. The number of hydrogen-bond donors (Lipinski definition) is 1. The molecule has 2 rings (SSSR count). The zero-order valence-electron chi connectivity index (χ0n) is 13.0. The van der Waals surface area contributed by atoms with Gasteiger partial charge in [-0.15, -0.1) is 0 Å². The number of anilines is 1. The Bertz CT molecular complexity index is 472. The van der Waals surface area contributed by atoms with Crippen LogP contribution >= 0.6 is 11.6 Å². The number of halogens is 1. The first-order valence-electron chi connectivity index (χ1n) is 6.96. The van der Waals surface area contributed by atoms with Crippen LogP contribution in [-0.2, 0) is 11.3 Å². The third-order valence-electron chi connectivity index (χ3n) is 3.31. The Labute approximate surface area is 126 Å². The van der Waals surface area contributed by atoms with Crippen molar-refractivity contribution in [2.24, 2.45) is 0 Å². The molecule has 0 spiro atoms. The smallest absolute Gasteiger partial charge is 0.126 e. The van der Waals surface area contributed by atoms with E-state index in [4.69, 9.17) is 16.3 Å². The van der Waals surface area contributed by atoms with Crippen LogP contribution in [0.15, 0.2) is 12.1 Å². The standard InChI is InChI=1S/C15H24ClN3O/c1-14(2)9-19(10-15(3,4)20-14)8-12-11(16)6-7-13(17-5)18-12/h6-7H,8-10H2,1-5H3,(H,17,18). The molecule has 5 heteroatoms. The molecule has 1 aromatic rings. The maximum atomic E-state index is 6.27. The van der Waals surface area contributed by atoms with E-state index in [0.29, 0.717) is 5.02 Å². The molecule has 0 bridgehead atoms. The first kappa shape index (κ1) is 15.5. The van der Waals surface area contributed by atoms with Gasteiger partial charge in [-0.05, 0) is 39.8 Å². The van der Waals surface area contributed by atoms with Gasteiger partial charge in [-0.3, -0.25) is 4.90 Å². The molecule has 4 nitrogen and oxygen atoms in total. The molecular formula is C15H24ClN3O. The van der Waals surface area contributed by atoms with E-state index < -0.39 is 0 Å². The normalized spacial score (nSPS) is 21.7. The molecule has 0 radical (unpaired) electrons. The molecule has 0 saturated carbocycles. The predicted molar refractivity (Wildman–Crippen MR) is 83.3 cm³/mol. The first-order valence-corrected chi connectivity index (χ1v) is 7.34. The van der Waals surface area contributed by atoms with Gasteiger partial charge < -0.3 is 10.1 Å². The van der Waals surface area contributed by atoms with Crippen LogP contribution in [0.4, 0.5) is 5.82 Å². The zero-order chi connectivity index (χ0) is 15.0. The van der Waals surface area contributed by atoms with Crippen molar-refractivity contribution in [2.75, 3.05) is 25.5 Å². The summed E-state index contributed by atoms with van der Waals surface area (Å²) in [5, 5.41) is 3.77. The lowest BCUT2D eigenvalue weighted by Crippen LogP contribution is -2.56. The van der Waals surface area contributed by atoms with E-state index in [1.165, 1.54) is 0 Å². The van der Waals surface area contributed by atoms with Gasteiger partial charge in [-0.1, -0.05) is 11.6 Å². The second-order valence-electron chi connectivity index (χ2n) is 6.64. The van der Waals surface area contributed by atoms with Crippen molar-refractivity contribution in [3.05, 3.63) is 22.8 Å². The Kier molecular flexibility index (Phi) is 4.28. The van der Waals surface area contributed by atoms with Gasteiger partial charge in [-0.2, -0.15) is 0 Å². The second-order valence-corrected chi connectivity index (χ2v) is 7.05. The Morgan fingerprint density at radius 1 is 1.25 bits per heavy atom. The molecule has 1 saturated heterocycles. The van der Waals surface area contributed by atoms with Crippen LogP contribution < -0.4 is 5.32 Å². The van der Waals surface area contributed by atoms with Crippen molar-refractivity contribution in [1.29, 1.82) is 0 Å². The summed E-state index contributed by atoms with van der Waals surface area (Å²) in [6.07, 6.45) is 0. The van der Waals surface area contributed by atoms with Crippen LogP contribution in [0.5, 0.6) is 0 Å². The van der Waals surface area contributed by atoms with E-state index in [1.807, 2.05) is 19.2 Å². The van der Waals surface area contributed by atoms with Crippen molar-refractivity contribution in [2.45, 2.75) is 45.4 Å². The number of aromatic nitrogens is 1. The lowest BCUT2D eigenvalue weighted by Gasteiger charge is -2.47. The van der Waals surface area contributed by atoms with Crippen LogP contribution in [0.1, 0.15) is 33.4 Å². The average Bonchev–Trinajstić information content (AvgIpc) is 2.28. The predicted octanol–water partition coefficient (Wildman–Crippen LogP) is 3.17. The minimum absolute atomic E-state index is 0.158. The summed E-state index contributed by atoms with van der Waals surface area (Å²) < 4.78 is 6.10. The number of ether oxygens (including phenoxy) is 1. The fourth-order valence-electron chi connectivity index (χ4n) is 3.00. The molecule has 0 atom stereocenters. The summed E-state index contributed by atoms with van der Waals surface area (Å²) in [6.45, 7) is 11.0. The van der Waals surface area contributed by atoms with Gasteiger partial charge >= 0.3 is 0 Å². The number of nitrogens with zero attached hydrogens (tertiary/aromatic N) is 2. The maximum Gasteiger partial charge on any atom is 0.126 e. The lowest BCUT2D eigenvalue weighted by molar-refractivity contribution is -0.182. The Morgan fingerprint density at radius 3 is 2.40 bits per heavy atom. The highest BCUT2D eigenvalue weighted by Gasteiger charge is 2.38. The molecule has 2 heterocycles. The zero-order valence-corrected chi connectivity index (χ0v) is 13.7. The van der Waals surface area contributed by atoms with E-state index in [2.05, 4.69) is 42.9 Å². The quantitative estimate of drug-likeness (QED) is 0.930. The summed E-state index contributed by atoms with van der Waals surface area (Å²) in [5.74, 6) is 0.844. The molecule has 1 fully saturated rings. The minimum atomic E-state index is -0.158. The largest absolute Gasteiger partial charge is 0.373 e. The Balaban J connectivity index is 2.17. The molecule has 0 aliphatic carbocycles. The van der Waals surface area contributed by atoms with Gasteiger partial charge in [0.15, 0.2) is 0 Å². The molecular weight excluding hydrogens is 274 g/mol. The van der Waals surface area contributed by atoms with Gasteiger partial charge in [-0.25, -0.2) is 4.98 Å². The number of morpholine rings is 1. The number of pyridine rings is 1. The first-order chi connectivity index (χ1) is 9.21. The summed E-state index contributed by atoms with van der Waals surface area (Å²) in [4.78, 5) is 6.91. The van der Waals surface area contributed by atoms with Crippen LogP contribution in [0.3, 0.4) is 0 Å². The van der Waals surface area contributed by atoms with Gasteiger partial charge in [0.1, 0.15) is 5.82 Å². The molecule has 20 heavy (non-hydrogen) atoms. The lowest BCUT2D eigenvalue weighted by atomic mass is 9.99. The molecule has 0 unspecified atom stereocenters. The fourth-order valence-corrected chi connectivity index (χ4v) is 3.17. The number of rotatable bonds is 3. The Hall–Kier alpha value is -0.840. The third-order valence-corrected chi connectivity index (χ3v) is 3.65.